The molecule has 3 N–H and O–H groups in total. The van der Waals surface area contributed by atoms with Crippen molar-refractivity contribution >= 4 is 5.91 Å². The Morgan fingerprint density at radius 2 is 1.93 bits per heavy atom. The first kappa shape index (κ1) is 19.4. The number of carbonyl (C=O) groups is 1. The van der Waals surface area contributed by atoms with Gasteiger partial charge in [0.15, 0.2) is 0 Å². The fourth-order valence-electron chi connectivity index (χ4n) is 3.34. The zero-order valence-corrected chi connectivity index (χ0v) is 15.5. The third-order valence-corrected chi connectivity index (χ3v) is 4.98. The van der Waals surface area contributed by atoms with Crippen LogP contribution in [0.1, 0.15) is 22.3 Å². The number of nitrogens with zero attached hydrogens (tertiary/aromatic N) is 1. The van der Waals surface area contributed by atoms with E-state index >= 15 is 0 Å². The number of ether oxygens (including phenoxy) is 1. The number of rotatable bonds is 6. The summed E-state index contributed by atoms with van der Waals surface area (Å²) in [6.07, 6.45) is -0.528. The Morgan fingerprint density at radius 1 is 1.22 bits per heavy atom. The van der Waals surface area contributed by atoms with E-state index < -0.39 is 11.7 Å². The van der Waals surface area contributed by atoms with E-state index in [1.54, 1.807) is 24.1 Å². The van der Waals surface area contributed by atoms with Crippen LogP contribution in [-0.4, -0.2) is 59.5 Å². The molecule has 0 bridgehead atoms. The van der Waals surface area contributed by atoms with Gasteiger partial charge < -0.3 is 25.2 Å². The van der Waals surface area contributed by atoms with E-state index in [0.29, 0.717) is 25.1 Å². The molecule has 6 nitrogen and oxygen atoms in total. The molecule has 3 rings (SSSR count). The Labute approximate surface area is 159 Å². The van der Waals surface area contributed by atoms with Gasteiger partial charge in [-0.15, -0.1) is 0 Å². The molecule has 1 aliphatic heterocycles. The zero-order chi connectivity index (χ0) is 19.3. The first-order valence-electron chi connectivity index (χ1n) is 9.10. The zero-order valence-electron chi connectivity index (χ0n) is 15.5. The Morgan fingerprint density at radius 3 is 2.59 bits per heavy atom. The second kappa shape index (κ2) is 8.52. The van der Waals surface area contributed by atoms with Crippen molar-refractivity contribution in [3.63, 3.8) is 0 Å². The van der Waals surface area contributed by atoms with Crippen molar-refractivity contribution in [2.45, 2.75) is 24.7 Å². The van der Waals surface area contributed by atoms with Gasteiger partial charge in [-0.25, -0.2) is 0 Å². The van der Waals surface area contributed by atoms with Crippen LogP contribution >= 0.6 is 0 Å². The fraction of sp³-hybridized carbons (Fsp3) is 0.381. The number of benzene rings is 2. The maximum atomic E-state index is 12.7. The number of piperidine rings is 1. The lowest BCUT2D eigenvalue weighted by atomic mass is 9.89. The van der Waals surface area contributed by atoms with Crippen molar-refractivity contribution in [3.8, 4) is 5.75 Å². The summed E-state index contributed by atoms with van der Waals surface area (Å²) >= 11 is 0. The number of β-amino-alcohol motifs (C(OH)–C–C–N with tert-alkyl or cyclic N) is 1. The molecule has 144 valence electrons. The molecule has 0 saturated carbocycles. The molecular weight excluding hydrogens is 344 g/mol. The van der Waals surface area contributed by atoms with E-state index in [9.17, 15) is 15.0 Å². The first-order chi connectivity index (χ1) is 13.0. The fourth-order valence-corrected chi connectivity index (χ4v) is 3.34. The number of amides is 1. The van der Waals surface area contributed by atoms with E-state index in [1.807, 2.05) is 42.5 Å². The van der Waals surface area contributed by atoms with Gasteiger partial charge in [0, 0.05) is 25.2 Å². The van der Waals surface area contributed by atoms with Gasteiger partial charge in [-0.3, -0.25) is 4.79 Å². The van der Waals surface area contributed by atoms with Gasteiger partial charge in [-0.2, -0.15) is 0 Å². The highest BCUT2D eigenvalue weighted by Gasteiger charge is 2.42. The van der Waals surface area contributed by atoms with Crippen LogP contribution in [-0.2, 0) is 6.54 Å². The number of hydrogen-bond donors (Lipinski definition) is 3. The third kappa shape index (κ3) is 4.66. The monoisotopic (exact) mass is 370 g/mol. The summed E-state index contributed by atoms with van der Waals surface area (Å²) in [6.45, 7) is 1.26. The third-order valence-electron chi connectivity index (χ3n) is 4.98. The lowest BCUT2D eigenvalue weighted by molar-refractivity contribution is -0.111. The van der Waals surface area contributed by atoms with Crippen LogP contribution in [0.25, 0.3) is 0 Å². The molecule has 6 heteroatoms. The predicted molar refractivity (Wildman–Crippen MR) is 103 cm³/mol. The summed E-state index contributed by atoms with van der Waals surface area (Å²) < 4.78 is 5.14. The highest BCUT2D eigenvalue weighted by atomic mass is 16.5. The molecule has 1 amide bonds. The maximum absolute atomic E-state index is 12.7. The lowest BCUT2D eigenvalue weighted by Crippen LogP contribution is -2.62. The van der Waals surface area contributed by atoms with Gasteiger partial charge in [-0.1, -0.05) is 30.3 Å². The maximum Gasteiger partial charge on any atom is 0.253 e. The average molecular weight is 370 g/mol. The Hall–Kier alpha value is -2.41. The molecule has 1 aliphatic rings. The molecular formula is C21H26N2O4. The van der Waals surface area contributed by atoms with Crippen molar-refractivity contribution in [2.24, 2.45) is 0 Å². The summed E-state index contributed by atoms with van der Waals surface area (Å²) in [7, 11) is 1.62. The van der Waals surface area contributed by atoms with Gasteiger partial charge in [-0.05, 0) is 36.2 Å². The standard InChI is InChI=1S/C21H26N2O4/c1-27-18-9-7-16(8-10-18)13-22-14-21(26)15-23(12-11-19(21)24)20(25)17-5-3-2-4-6-17/h2-10,19,22,24,26H,11-15H2,1H3/t19-,21+/m0/s1. The van der Waals surface area contributed by atoms with Crippen molar-refractivity contribution in [3.05, 3.63) is 65.7 Å². The van der Waals surface area contributed by atoms with Gasteiger partial charge in [0.05, 0.1) is 19.8 Å². The summed E-state index contributed by atoms with van der Waals surface area (Å²) in [5.41, 5.74) is 0.249. The summed E-state index contributed by atoms with van der Waals surface area (Å²) in [4.78, 5) is 14.3. The topological polar surface area (TPSA) is 82.0 Å². The number of methoxy groups -OCH3 is 1. The van der Waals surface area contributed by atoms with E-state index in [0.717, 1.165) is 11.3 Å². The number of aliphatic hydroxyl groups excluding tert-OH is 1. The minimum atomic E-state index is -1.38. The normalized spacial score (nSPS) is 22.5. The van der Waals surface area contributed by atoms with Crippen molar-refractivity contribution < 1.29 is 19.7 Å². The molecule has 0 radical (unpaired) electrons. The number of carbonyl (C=O) groups excluding carboxylic acids is 1. The summed E-state index contributed by atoms with van der Waals surface area (Å²) in [6, 6.07) is 16.6. The van der Waals surface area contributed by atoms with Crippen LogP contribution in [0.15, 0.2) is 54.6 Å². The molecule has 0 spiro atoms. The minimum Gasteiger partial charge on any atom is -0.497 e. The smallest absolute Gasteiger partial charge is 0.253 e. The van der Waals surface area contributed by atoms with Crippen LogP contribution in [0, 0.1) is 0 Å². The SMILES string of the molecule is COc1ccc(CNC[C@@]2(O)CN(C(=O)c3ccccc3)CC[C@@H]2O)cc1. The number of aliphatic hydroxyl groups is 2. The van der Waals surface area contributed by atoms with Crippen molar-refractivity contribution in [1.82, 2.24) is 10.2 Å². The van der Waals surface area contributed by atoms with Crippen LogP contribution in [0.5, 0.6) is 5.75 Å². The number of likely N-dealkylation sites (tertiary alicyclic amines) is 1. The van der Waals surface area contributed by atoms with Crippen molar-refractivity contribution in [1.29, 1.82) is 0 Å². The Bertz CT molecular complexity index is 751. The van der Waals surface area contributed by atoms with Crippen LogP contribution in [0.3, 0.4) is 0 Å². The number of hydrogen-bond acceptors (Lipinski definition) is 5. The lowest BCUT2D eigenvalue weighted by Gasteiger charge is -2.42. The predicted octanol–water partition coefficient (Wildman–Crippen LogP) is 1.42. The summed E-state index contributed by atoms with van der Waals surface area (Å²) in [5.74, 6) is 0.659. The van der Waals surface area contributed by atoms with Gasteiger partial charge in [0.2, 0.25) is 0 Å². The molecule has 1 fully saturated rings. The van der Waals surface area contributed by atoms with E-state index in [1.165, 1.54) is 0 Å². The molecule has 0 unspecified atom stereocenters. The van der Waals surface area contributed by atoms with Crippen molar-refractivity contribution in [2.75, 3.05) is 26.7 Å². The highest BCUT2D eigenvalue weighted by Crippen LogP contribution is 2.23. The minimum absolute atomic E-state index is 0.0947. The molecule has 0 aliphatic carbocycles. The second-order valence-electron chi connectivity index (χ2n) is 6.95. The van der Waals surface area contributed by atoms with Gasteiger partial charge in [0.25, 0.3) is 5.91 Å². The van der Waals surface area contributed by atoms with E-state index in [2.05, 4.69) is 5.32 Å². The second-order valence-corrected chi connectivity index (χ2v) is 6.95. The molecule has 1 saturated heterocycles. The largest absolute Gasteiger partial charge is 0.497 e. The molecule has 2 atom stereocenters. The molecule has 2 aromatic rings. The Balaban J connectivity index is 1.59. The quantitative estimate of drug-likeness (QED) is 0.717. The molecule has 1 heterocycles. The molecule has 27 heavy (non-hydrogen) atoms. The van der Waals surface area contributed by atoms with E-state index in [4.69, 9.17) is 4.74 Å². The summed E-state index contributed by atoms with van der Waals surface area (Å²) in [5, 5.41) is 24.4. The van der Waals surface area contributed by atoms with Gasteiger partial charge in [0.1, 0.15) is 11.4 Å². The van der Waals surface area contributed by atoms with E-state index in [-0.39, 0.29) is 19.0 Å². The molecule has 0 aromatic heterocycles. The average Bonchev–Trinajstić information content (AvgIpc) is 2.71. The van der Waals surface area contributed by atoms with Crippen LogP contribution in [0.2, 0.25) is 0 Å². The highest BCUT2D eigenvalue weighted by molar-refractivity contribution is 5.94. The molecule has 2 aromatic carbocycles. The van der Waals surface area contributed by atoms with Crippen LogP contribution < -0.4 is 10.1 Å². The van der Waals surface area contributed by atoms with Gasteiger partial charge >= 0.3 is 0 Å². The van der Waals surface area contributed by atoms with Crippen LogP contribution in [0.4, 0.5) is 0 Å². The number of nitrogens with one attached hydrogen (secondary N) is 1. The Kier molecular flexibility index (Phi) is 6.11. The first-order valence-corrected chi connectivity index (χ1v) is 9.10.